The number of hydrogen-bond acceptors (Lipinski definition) is 4. The molecule has 0 radical (unpaired) electrons. The van der Waals surface area contributed by atoms with Crippen LogP contribution >= 0.6 is 11.6 Å². The Labute approximate surface area is 146 Å². The van der Waals surface area contributed by atoms with Crippen molar-refractivity contribution in [3.8, 4) is 0 Å². The van der Waals surface area contributed by atoms with Gasteiger partial charge in [0.25, 0.3) is 0 Å². The van der Waals surface area contributed by atoms with E-state index in [0.717, 1.165) is 5.56 Å². The minimum absolute atomic E-state index is 0.0382. The number of esters is 1. The van der Waals surface area contributed by atoms with Gasteiger partial charge in [0.15, 0.2) is 10.7 Å². The Bertz CT molecular complexity index is 683. The van der Waals surface area contributed by atoms with Crippen LogP contribution in [0, 0.1) is 0 Å². The van der Waals surface area contributed by atoms with E-state index in [1.165, 1.54) is 6.92 Å². The average Bonchev–Trinajstić information content (AvgIpc) is 2.61. The summed E-state index contributed by atoms with van der Waals surface area (Å²) >= 11 is 6.10. The van der Waals surface area contributed by atoms with Gasteiger partial charge in [0.2, 0.25) is 0 Å². The molecule has 0 spiro atoms. The molecule has 0 bridgehead atoms. The summed E-state index contributed by atoms with van der Waals surface area (Å²) in [6.07, 6.45) is -1.27. The van der Waals surface area contributed by atoms with Crippen LogP contribution in [0.25, 0.3) is 0 Å². The minimum Gasteiger partial charge on any atom is -0.459 e. The standard InChI is InChI=1S/C19H19ClO4/c1-19(20,18(23)24-13-14-8-4-2-5-9-14)17(22)12-16(21)15-10-6-3-7-11-15/h2-11,16,21H,12-13H2,1H3/t16-,19+/m0/s1. The second-order valence-electron chi connectivity index (χ2n) is 5.62. The topological polar surface area (TPSA) is 63.6 Å². The van der Waals surface area contributed by atoms with E-state index in [-0.39, 0.29) is 13.0 Å². The molecule has 2 rings (SSSR count). The number of aliphatic hydroxyl groups excluding tert-OH is 1. The summed E-state index contributed by atoms with van der Waals surface area (Å²) in [6.45, 7) is 1.33. The predicted octanol–water partition coefficient (Wildman–Crippen LogP) is 3.42. The average molecular weight is 347 g/mol. The molecule has 0 aliphatic heterocycles. The summed E-state index contributed by atoms with van der Waals surface area (Å²) in [5.41, 5.74) is 1.39. The monoisotopic (exact) mass is 346 g/mol. The van der Waals surface area contributed by atoms with Crippen LogP contribution in [-0.4, -0.2) is 21.7 Å². The molecule has 126 valence electrons. The van der Waals surface area contributed by atoms with Gasteiger partial charge in [0.1, 0.15) is 6.61 Å². The molecule has 2 aromatic carbocycles. The molecule has 0 unspecified atom stereocenters. The largest absolute Gasteiger partial charge is 0.459 e. The van der Waals surface area contributed by atoms with Gasteiger partial charge in [-0.2, -0.15) is 0 Å². The van der Waals surface area contributed by atoms with E-state index >= 15 is 0 Å². The van der Waals surface area contributed by atoms with Gasteiger partial charge in [0, 0.05) is 6.42 Å². The first-order valence-corrected chi connectivity index (χ1v) is 7.95. The number of ether oxygens (including phenoxy) is 1. The maximum atomic E-state index is 12.3. The lowest BCUT2D eigenvalue weighted by atomic mass is 9.97. The molecule has 0 fully saturated rings. The number of rotatable bonds is 7. The van der Waals surface area contributed by atoms with Crippen LogP contribution in [-0.2, 0) is 20.9 Å². The molecule has 24 heavy (non-hydrogen) atoms. The first-order valence-electron chi connectivity index (χ1n) is 7.57. The highest BCUT2D eigenvalue weighted by molar-refractivity contribution is 6.45. The highest BCUT2D eigenvalue weighted by Gasteiger charge is 2.41. The molecule has 4 nitrogen and oxygen atoms in total. The molecule has 0 amide bonds. The number of aliphatic hydroxyl groups is 1. The van der Waals surface area contributed by atoms with E-state index in [1.807, 2.05) is 24.3 Å². The summed E-state index contributed by atoms with van der Waals surface area (Å²) in [6, 6.07) is 17.9. The van der Waals surface area contributed by atoms with Crippen LogP contribution in [0.1, 0.15) is 30.6 Å². The molecule has 0 saturated carbocycles. The number of halogens is 1. The van der Waals surface area contributed by atoms with E-state index < -0.39 is 22.7 Å². The van der Waals surface area contributed by atoms with E-state index in [2.05, 4.69) is 0 Å². The molecule has 0 saturated heterocycles. The molecule has 0 aliphatic carbocycles. The molecular weight excluding hydrogens is 328 g/mol. The third-order valence-corrected chi connectivity index (χ3v) is 4.05. The van der Waals surface area contributed by atoms with Crippen molar-refractivity contribution < 1.29 is 19.4 Å². The molecular formula is C19H19ClO4. The Morgan fingerprint density at radius 2 is 1.62 bits per heavy atom. The van der Waals surface area contributed by atoms with Crippen LogP contribution in [0.3, 0.4) is 0 Å². The van der Waals surface area contributed by atoms with Gasteiger partial charge in [-0.25, -0.2) is 4.79 Å². The highest BCUT2D eigenvalue weighted by atomic mass is 35.5. The predicted molar refractivity (Wildman–Crippen MR) is 91.5 cm³/mol. The van der Waals surface area contributed by atoms with Crippen molar-refractivity contribution >= 4 is 23.4 Å². The summed E-state index contributed by atoms with van der Waals surface area (Å²) in [7, 11) is 0. The minimum atomic E-state index is -1.83. The van der Waals surface area contributed by atoms with Crippen molar-refractivity contribution in [3.63, 3.8) is 0 Å². The lowest BCUT2D eigenvalue weighted by Gasteiger charge is -2.20. The van der Waals surface area contributed by atoms with Gasteiger partial charge >= 0.3 is 5.97 Å². The molecule has 0 heterocycles. The Hall–Kier alpha value is -2.17. The van der Waals surface area contributed by atoms with Crippen LogP contribution in [0.15, 0.2) is 60.7 Å². The number of carbonyl (C=O) groups is 2. The Morgan fingerprint density at radius 1 is 1.08 bits per heavy atom. The van der Waals surface area contributed by atoms with Gasteiger partial charge in [-0.05, 0) is 18.1 Å². The summed E-state index contributed by atoms with van der Waals surface area (Å²) in [5, 5.41) is 10.1. The van der Waals surface area contributed by atoms with Crippen molar-refractivity contribution in [1.82, 2.24) is 0 Å². The van der Waals surface area contributed by atoms with Crippen molar-refractivity contribution in [2.75, 3.05) is 0 Å². The molecule has 2 aromatic rings. The number of benzene rings is 2. The van der Waals surface area contributed by atoms with Crippen molar-refractivity contribution in [2.24, 2.45) is 0 Å². The van der Waals surface area contributed by atoms with Crippen LogP contribution < -0.4 is 0 Å². The zero-order valence-corrected chi connectivity index (χ0v) is 14.1. The fourth-order valence-corrected chi connectivity index (χ4v) is 2.26. The smallest absolute Gasteiger partial charge is 0.334 e. The third kappa shape index (κ3) is 4.66. The van der Waals surface area contributed by atoms with E-state index in [9.17, 15) is 14.7 Å². The number of carbonyl (C=O) groups excluding carboxylic acids is 2. The fourth-order valence-electron chi connectivity index (χ4n) is 2.13. The lowest BCUT2D eigenvalue weighted by Crippen LogP contribution is -2.40. The lowest BCUT2D eigenvalue weighted by molar-refractivity contribution is -0.151. The zero-order chi connectivity index (χ0) is 17.6. The summed E-state index contributed by atoms with van der Waals surface area (Å²) < 4.78 is 5.13. The Balaban J connectivity index is 1.95. The van der Waals surface area contributed by atoms with Gasteiger partial charge in [-0.3, -0.25) is 4.79 Å². The number of Topliss-reactive ketones (excluding diaryl/α,β-unsaturated/α-hetero) is 1. The second-order valence-corrected chi connectivity index (χ2v) is 6.37. The molecule has 5 heteroatoms. The molecule has 0 aromatic heterocycles. The third-order valence-electron chi connectivity index (χ3n) is 3.68. The summed E-state index contributed by atoms with van der Waals surface area (Å²) in [4.78, 5) is 22.6. The maximum absolute atomic E-state index is 12.3. The molecule has 1 N–H and O–H groups in total. The first kappa shape index (κ1) is 18.2. The van der Waals surface area contributed by atoms with E-state index in [0.29, 0.717) is 5.56 Å². The van der Waals surface area contributed by atoms with E-state index in [4.69, 9.17) is 16.3 Å². The number of hydrogen-bond donors (Lipinski definition) is 1. The number of ketones is 1. The zero-order valence-electron chi connectivity index (χ0n) is 13.3. The van der Waals surface area contributed by atoms with Gasteiger partial charge in [-0.15, -0.1) is 0 Å². The SMILES string of the molecule is C[C@@](Cl)(C(=O)C[C@H](O)c1ccccc1)C(=O)OCc1ccccc1. The highest BCUT2D eigenvalue weighted by Crippen LogP contribution is 2.25. The molecule has 0 aliphatic rings. The summed E-state index contributed by atoms with van der Waals surface area (Å²) in [5.74, 6) is -1.41. The van der Waals surface area contributed by atoms with Gasteiger partial charge in [-0.1, -0.05) is 72.3 Å². The first-order chi connectivity index (χ1) is 11.4. The van der Waals surface area contributed by atoms with Crippen molar-refractivity contribution in [2.45, 2.75) is 30.9 Å². The van der Waals surface area contributed by atoms with Gasteiger partial charge < -0.3 is 9.84 Å². The number of alkyl halides is 1. The Kier molecular flexibility index (Phi) is 6.12. The van der Waals surface area contributed by atoms with Crippen LogP contribution in [0.5, 0.6) is 0 Å². The van der Waals surface area contributed by atoms with Gasteiger partial charge in [0.05, 0.1) is 6.10 Å². The molecule has 2 atom stereocenters. The normalized spacial score (nSPS) is 14.5. The van der Waals surface area contributed by atoms with E-state index in [1.54, 1.807) is 36.4 Å². The Morgan fingerprint density at radius 3 is 2.21 bits per heavy atom. The van der Waals surface area contributed by atoms with Crippen molar-refractivity contribution in [1.29, 1.82) is 0 Å². The quantitative estimate of drug-likeness (QED) is 0.474. The van der Waals surface area contributed by atoms with Crippen LogP contribution in [0.4, 0.5) is 0 Å². The van der Waals surface area contributed by atoms with Crippen molar-refractivity contribution in [3.05, 3.63) is 71.8 Å². The second kappa shape index (κ2) is 8.08. The van der Waals surface area contributed by atoms with Crippen LogP contribution in [0.2, 0.25) is 0 Å². The fraction of sp³-hybridized carbons (Fsp3) is 0.263. The maximum Gasteiger partial charge on any atom is 0.334 e.